The normalized spacial score (nSPS) is 23.1. The van der Waals surface area contributed by atoms with Gasteiger partial charge in [-0.15, -0.1) is 0 Å². The third-order valence-electron chi connectivity index (χ3n) is 2.01. The molecule has 1 unspecified atom stereocenters. The molecular weight excluding hydrogens is 169 g/mol. The number of piperidine rings is 1. The lowest BCUT2D eigenvalue weighted by Crippen LogP contribution is -2.34. The third-order valence-corrected chi connectivity index (χ3v) is 2.22. The first kappa shape index (κ1) is 8.94. The largest absolute Gasteiger partial charge is 0.317 e. The second-order valence-electron chi connectivity index (χ2n) is 2.79. The van der Waals surface area contributed by atoms with Gasteiger partial charge in [-0.25, -0.2) is 4.39 Å². The number of rotatable bonds is 2. The predicted octanol–water partition coefficient (Wildman–Crippen LogP) is 1.09. The van der Waals surface area contributed by atoms with E-state index in [0.29, 0.717) is 12.8 Å². The average Bonchev–Trinajstić information content (AvgIpc) is 2.05. The maximum Gasteiger partial charge on any atom is 0.256 e. The van der Waals surface area contributed by atoms with Crippen LogP contribution in [0, 0.1) is 5.92 Å². The molecule has 0 aromatic carbocycles. The van der Waals surface area contributed by atoms with Crippen LogP contribution >= 0.6 is 11.6 Å². The zero-order valence-corrected chi connectivity index (χ0v) is 6.90. The fourth-order valence-electron chi connectivity index (χ4n) is 1.32. The van der Waals surface area contributed by atoms with E-state index in [0.717, 1.165) is 13.1 Å². The minimum Gasteiger partial charge on any atom is -0.317 e. The highest BCUT2D eigenvalue weighted by Gasteiger charge is 2.27. The van der Waals surface area contributed by atoms with E-state index in [1.54, 1.807) is 0 Å². The van der Waals surface area contributed by atoms with Gasteiger partial charge >= 0.3 is 0 Å². The molecule has 0 aromatic heterocycles. The summed E-state index contributed by atoms with van der Waals surface area (Å²) >= 11 is 5.03. The first-order valence-corrected chi connectivity index (χ1v) is 4.13. The first-order chi connectivity index (χ1) is 5.22. The van der Waals surface area contributed by atoms with Crippen molar-refractivity contribution < 1.29 is 9.18 Å². The van der Waals surface area contributed by atoms with Gasteiger partial charge in [0.15, 0.2) is 6.17 Å². The number of carbonyl (C=O) groups excluding carboxylic acids is 1. The summed E-state index contributed by atoms with van der Waals surface area (Å²) in [4.78, 5) is 10.4. The van der Waals surface area contributed by atoms with Crippen LogP contribution in [0.5, 0.6) is 0 Å². The van der Waals surface area contributed by atoms with E-state index in [2.05, 4.69) is 5.32 Å². The van der Waals surface area contributed by atoms with Gasteiger partial charge in [-0.3, -0.25) is 4.79 Å². The lowest BCUT2D eigenvalue weighted by Gasteiger charge is -2.23. The molecule has 0 radical (unpaired) electrons. The summed E-state index contributed by atoms with van der Waals surface area (Å²) in [6, 6.07) is 0. The molecule has 1 heterocycles. The Morgan fingerprint density at radius 3 is 2.55 bits per heavy atom. The quantitative estimate of drug-likeness (QED) is 0.643. The van der Waals surface area contributed by atoms with Gasteiger partial charge in [0.25, 0.3) is 5.24 Å². The minimum atomic E-state index is -1.46. The summed E-state index contributed by atoms with van der Waals surface area (Å²) in [5, 5.41) is 2.24. The Labute approximate surface area is 70.1 Å². The standard InChI is InChI=1S/C7H11ClFNO/c8-7(11)6(9)5-1-3-10-4-2-5/h5-6,10H,1-4H2. The lowest BCUT2D eigenvalue weighted by molar-refractivity contribution is -0.118. The van der Waals surface area contributed by atoms with Gasteiger partial charge in [0, 0.05) is 5.92 Å². The number of halogens is 2. The molecule has 1 saturated heterocycles. The first-order valence-electron chi connectivity index (χ1n) is 3.76. The number of hydrogen-bond donors (Lipinski definition) is 1. The van der Waals surface area contributed by atoms with Crippen LogP contribution in [0.25, 0.3) is 0 Å². The fourth-order valence-corrected chi connectivity index (χ4v) is 1.50. The zero-order valence-electron chi connectivity index (χ0n) is 6.15. The number of alkyl halides is 1. The molecule has 11 heavy (non-hydrogen) atoms. The molecule has 64 valence electrons. The molecule has 1 aliphatic heterocycles. The minimum absolute atomic E-state index is 0.166. The van der Waals surface area contributed by atoms with Gasteiger partial charge in [0.2, 0.25) is 0 Å². The maximum atomic E-state index is 12.9. The van der Waals surface area contributed by atoms with Crippen LogP contribution in [0.1, 0.15) is 12.8 Å². The average molecular weight is 180 g/mol. The molecule has 0 spiro atoms. The van der Waals surface area contributed by atoms with Crippen LogP contribution in [0.2, 0.25) is 0 Å². The Balaban J connectivity index is 2.38. The second kappa shape index (κ2) is 4.02. The van der Waals surface area contributed by atoms with E-state index >= 15 is 0 Å². The molecule has 4 heteroatoms. The highest BCUT2D eigenvalue weighted by molar-refractivity contribution is 6.64. The van der Waals surface area contributed by atoms with Crippen LogP contribution < -0.4 is 5.32 Å². The van der Waals surface area contributed by atoms with Crippen molar-refractivity contribution in [2.45, 2.75) is 19.0 Å². The molecule has 0 saturated carbocycles. The van der Waals surface area contributed by atoms with Gasteiger partial charge < -0.3 is 5.32 Å². The third kappa shape index (κ3) is 2.42. The highest BCUT2D eigenvalue weighted by atomic mass is 35.5. The predicted molar refractivity (Wildman–Crippen MR) is 41.3 cm³/mol. The smallest absolute Gasteiger partial charge is 0.256 e. The fraction of sp³-hybridized carbons (Fsp3) is 0.857. The van der Waals surface area contributed by atoms with Crippen LogP contribution in [0.15, 0.2) is 0 Å². The molecule has 2 nitrogen and oxygen atoms in total. The molecule has 1 fully saturated rings. The van der Waals surface area contributed by atoms with Crippen molar-refractivity contribution in [3.05, 3.63) is 0 Å². The van der Waals surface area contributed by atoms with E-state index in [-0.39, 0.29) is 5.92 Å². The van der Waals surface area contributed by atoms with Crippen molar-refractivity contribution in [2.75, 3.05) is 13.1 Å². The van der Waals surface area contributed by atoms with Crippen LogP contribution in [-0.4, -0.2) is 24.5 Å². The topological polar surface area (TPSA) is 29.1 Å². The Hall–Kier alpha value is -0.150. The lowest BCUT2D eigenvalue weighted by atomic mass is 9.94. The van der Waals surface area contributed by atoms with Crippen molar-refractivity contribution in [1.29, 1.82) is 0 Å². The van der Waals surface area contributed by atoms with Crippen molar-refractivity contribution in [3.63, 3.8) is 0 Å². The van der Waals surface area contributed by atoms with Gasteiger partial charge in [-0.2, -0.15) is 0 Å². The molecule has 1 N–H and O–H groups in total. The second-order valence-corrected chi connectivity index (χ2v) is 3.17. The van der Waals surface area contributed by atoms with E-state index < -0.39 is 11.4 Å². The molecule has 1 atom stereocenters. The van der Waals surface area contributed by atoms with Crippen molar-refractivity contribution in [3.8, 4) is 0 Å². The maximum absolute atomic E-state index is 12.9. The molecule has 0 aliphatic carbocycles. The van der Waals surface area contributed by atoms with E-state index in [1.807, 2.05) is 0 Å². The van der Waals surface area contributed by atoms with Gasteiger partial charge in [-0.1, -0.05) is 0 Å². The summed E-state index contributed by atoms with van der Waals surface area (Å²) < 4.78 is 12.9. The molecule has 0 amide bonds. The molecule has 0 aromatic rings. The van der Waals surface area contributed by atoms with E-state index in [4.69, 9.17) is 11.6 Å². The van der Waals surface area contributed by atoms with Crippen LogP contribution in [0.3, 0.4) is 0 Å². The number of hydrogen-bond acceptors (Lipinski definition) is 2. The molecular formula is C7H11ClFNO. The van der Waals surface area contributed by atoms with Crippen molar-refractivity contribution in [2.24, 2.45) is 5.92 Å². The summed E-state index contributed by atoms with van der Waals surface area (Å²) in [6.45, 7) is 1.57. The van der Waals surface area contributed by atoms with Gasteiger partial charge in [0.1, 0.15) is 0 Å². The zero-order chi connectivity index (χ0) is 8.27. The Morgan fingerprint density at radius 1 is 1.55 bits per heavy atom. The molecule has 1 aliphatic rings. The molecule has 0 bridgehead atoms. The summed E-state index contributed by atoms with van der Waals surface area (Å²) in [5.74, 6) is -0.166. The Bertz CT molecular complexity index is 147. The monoisotopic (exact) mass is 179 g/mol. The number of nitrogens with one attached hydrogen (secondary N) is 1. The van der Waals surface area contributed by atoms with Gasteiger partial charge in [0.05, 0.1) is 0 Å². The van der Waals surface area contributed by atoms with Crippen molar-refractivity contribution >= 4 is 16.8 Å². The number of carbonyl (C=O) groups is 1. The van der Waals surface area contributed by atoms with Crippen LogP contribution in [-0.2, 0) is 4.79 Å². The summed E-state index contributed by atoms with van der Waals surface area (Å²) in [6.07, 6.45) is -0.0435. The van der Waals surface area contributed by atoms with E-state index in [9.17, 15) is 9.18 Å². The Kier molecular flexibility index (Phi) is 3.27. The molecule has 1 rings (SSSR count). The summed E-state index contributed by atoms with van der Waals surface area (Å²) in [5.41, 5.74) is 0. The highest BCUT2D eigenvalue weighted by Crippen LogP contribution is 2.20. The summed E-state index contributed by atoms with van der Waals surface area (Å²) in [7, 11) is 0. The Morgan fingerprint density at radius 2 is 2.09 bits per heavy atom. The van der Waals surface area contributed by atoms with Crippen molar-refractivity contribution in [1.82, 2.24) is 5.32 Å². The van der Waals surface area contributed by atoms with Crippen LogP contribution in [0.4, 0.5) is 4.39 Å². The van der Waals surface area contributed by atoms with E-state index in [1.165, 1.54) is 0 Å². The SMILES string of the molecule is O=C(Cl)C(F)C1CCNCC1. The van der Waals surface area contributed by atoms with Gasteiger partial charge in [-0.05, 0) is 37.5 Å².